The summed E-state index contributed by atoms with van der Waals surface area (Å²) in [6.45, 7) is 8.93. The standard InChI is InChI=1S/C13H22N2/c1-13(2,3)8-11-14-10-7-12-6-4-5-9-15-12/h4-6,9,14H,7-8,10-11H2,1-3H3. The molecule has 0 unspecified atom stereocenters. The van der Waals surface area contributed by atoms with Crippen molar-refractivity contribution in [3.63, 3.8) is 0 Å². The van der Waals surface area contributed by atoms with Crippen LogP contribution in [0.25, 0.3) is 0 Å². The lowest BCUT2D eigenvalue weighted by Gasteiger charge is -2.17. The molecule has 1 N–H and O–H groups in total. The lowest BCUT2D eigenvalue weighted by molar-refractivity contribution is 0.367. The van der Waals surface area contributed by atoms with Gasteiger partial charge in [-0.3, -0.25) is 4.98 Å². The maximum Gasteiger partial charge on any atom is 0.0416 e. The summed E-state index contributed by atoms with van der Waals surface area (Å²) < 4.78 is 0. The highest BCUT2D eigenvalue weighted by Gasteiger charge is 2.08. The van der Waals surface area contributed by atoms with Gasteiger partial charge in [-0.05, 0) is 30.5 Å². The van der Waals surface area contributed by atoms with Crippen LogP contribution in [0.15, 0.2) is 24.4 Å². The lowest BCUT2D eigenvalue weighted by Crippen LogP contribution is -2.22. The Kier molecular flexibility index (Phi) is 4.76. The zero-order valence-electron chi connectivity index (χ0n) is 10.1. The number of nitrogens with one attached hydrogen (secondary N) is 1. The summed E-state index contributed by atoms with van der Waals surface area (Å²) >= 11 is 0. The van der Waals surface area contributed by atoms with Crippen LogP contribution in [0.1, 0.15) is 32.9 Å². The highest BCUT2D eigenvalue weighted by atomic mass is 14.9. The summed E-state index contributed by atoms with van der Waals surface area (Å²) in [5.74, 6) is 0. The maximum atomic E-state index is 4.29. The van der Waals surface area contributed by atoms with Crippen LogP contribution in [0.5, 0.6) is 0 Å². The van der Waals surface area contributed by atoms with Gasteiger partial charge in [0.15, 0.2) is 0 Å². The van der Waals surface area contributed by atoms with Crippen molar-refractivity contribution < 1.29 is 0 Å². The van der Waals surface area contributed by atoms with Gasteiger partial charge in [-0.1, -0.05) is 26.8 Å². The molecule has 2 heteroatoms. The van der Waals surface area contributed by atoms with Crippen LogP contribution in [0.4, 0.5) is 0 Å². The molecule has 0 aromatic carbocycles. The summed E-state index contributed by atoms with van der Waals surface area (Å²) in [7, 11) is 0. The first-order chi connectivity index (χ1) is 7.08. The minimum atomic E-state index is 0.429. The smallest absolute Gasteiger partial charge is 0.0416 e. The van der Waals surface area contributed by atoms with Gasteiger partial charge in [0.25, 0.3) is 0 Å². The van der Waals surface area contributed by atoms with Gasteiger partial charge in [0.2, 0.25) is 0 Å². The Morgan fingerprint density at radius 3 is 2.60 bits per heavy atom. The zero-order chi connectivity index (χ0) is 11.1. The van der Waals surface area contributed by atoms with E-state index in [1.165, 1.54) is 12.1 Å². The van der Waals surface area contributed by atoms with Crippen molar-refractivity contribution in [3.05, 3.63) is 30.1 Å². The Bertz CT molecular complexity index is 262. The molecule has 0 radical (unpaired) electrons. The molecule has 0 saturated heterocycles. The van der Waals surface area contributed by atoms with Gasteiger partial charge >= 0.3 is 0 Å². The molecule has 0 aliphatic rings. The Hall–Kier alpha value is -0.890. The molecule has 0 aliphatic heterocycles. The van der Waals surface area contributed by atoms with Gasteiger partial charge in [-0.2, -0.15) is 0 Å². The molecular formula is C13H22N2. The topological polar surface area (TPSA) is 24.9 Å². The maximum absolute atomic E-state index is 4.29. The van der Waals surface area contributed by atoms with Crippen molar-refractivity contribution in [3.8, 4) is 0 Å². The number of nitrogens with zero attached hydrogens (tertiary/aromatic N) is 1. The van der Waals surface area contributed by atoms with Crippen molar-refractivity contribution in [2.45, 2.75) is 33.6 Å². The average molecular weight is 206 g/mol. The highest BCUT2D eigenvalue weighted by molar-refractivity contribution is 5.03. The SMILES string of the molecule is CC(C)(C)CCNCCc1ccccn1. The van der Waals surface area contributed by atoms with Crippen LogP contribution < -0.4 is 5.32 Å². The van der Waals surface area contributed by atoms with Gasteiger partial charge in [0.05, 0.1) is 0 Å². The predicted molar refractivity (Wildman–Crippen MR) is 64.9 cm³/mol. The molecule has 0 bridgehead atoms. The second-order valence-electron chi connectivity index (χ2n) is 5.13. The first kappa shape index (κ1) is 12.2. The van der Waals surface area contributed by atoms with Crippen molar-refractivity contribution in [2.24, 2.45) is 5.41 Å². The van der Waals surface area contributed by atoms with Crippen LogP contribution in [0.3, 0.4) is 0 Å². The molecule has 15 heavy (non-hydrogen) atoms. The van der Waals surface area contributed by atoms with E-state index in [0.29, 0.717) is 5.41 Å². The largest absolute Gasteiger partial charge is 0.316 e. The van der Waals surface area contributed by atoms with Gasteiger partial charge < -0.3 is 5.32 Å². The first-order valence-corrected chi connectivity index (χ1v) is 5.68. The molecule has 0 aliphatic carbocycles. The third-order valence-electron chi connectivity index (χ3n) is 2.34. The van der Waals surface area contributed by atoms with E-state index in [1.807, 2.05) is 18.3 Å². The fourth-order valence-electron chi connectivity index (χ4n) is 1.35. The molecule has 0 amide bonds. The van der Waals surface area contributed by atoms with E-state index in [-0.39, 0.29) is 0 Å². The minimum absolute atomic E-state index is 0.429. The number of hydrogen-bond acceptors (Lipinski definition) is 2. The third kappa shape index (κ3) is 6.24. The first-order valence-electron chi connectivity index (χ1n) is 5.68. The Morgan fingerprint density at radius 2 is 2.00 bits per heavy atom. The molecule has 1 heterocycles. The van der Waals surface area contributed by atoms with Gasteiger partial charge in [0.1, 0.15) is 0 Å². The molecule has 0 fully saturated rings. The van der Waals surface area contributed by atoms with E-state index in [1.54, 1.807) is 0 Å². The van der Waals surface area contributed by atoms with Gasteiger partial charge in [0, 0.05) is 24.9 Å². The van der Waals surface area contributed by atoms with E-state index < -0.39 is 0 Å². The number of rotatable bonds is 5. The quantitative estimate of drug-likeness (QED) is 0.749. The molecule has 0 spiro atoms. The number of hydrogen-bond donors (Lipinski definition) is 1. The third-order valence-corrected chi connectivity index (χ3v) is 2.34. The zero-order valence-corrected chi connectivity index (χ0v) is 10.1. The minimum Gasteiger partial charge on any atom is -0.316 e. The van der Waals surface area contributed by atoms with Crippen molar-refractivity contribution in [1.29, 1.82) is 0 Å². The van der Waals surface area contributed by atoms with Gasteiger partial charge in [-0.15, -0.1) is 0 Å². The van der Waals surface area contributed by atoms with Crippen LogP contribution >= 0.6 is 0 Å². The van der Waals surface area contributed by atoms with E-state index in [2.05, 4.69) is 37.1 Å². The van der Waals surface area contributed by atoms with Crippen LogP contribution in [-0.4, -0.2) is 18.1 Å². The molecule has 1 aromatic rings. The fourth-order valence-corrected chi connectivity index (χ4v) is 1.35. The Labute approximate surface area is 93.1 Å². The van der Waals surface area contributed by atoms with Crippen LogP contribution in [-0.2, 0) is 6.42 Å². The average Bonchev–Trinajstić information content (AvgIpc) is 2.17. The van der Waals surface area contributed by atoms with Gasteiger partial charge in [-0.25, -0.2) is 0 Å². The fraction of sp³-hybridized carbons (Fsp3) is 0.615. The molecule has 1 rings (SSSR count). The summed E-state index contributed by atoms with van der Waals surface area (Å²) in [4.78, 5) is 4.29. The normalized spacial score (nSPS) is 11.7. The highest BCUT2D eigenvalue weighted by Crippen LogP contribution is 2.16. The van der Waals surface area contributed by atoms with E-state index in [4.69, 9.17) is 0 Å². The summed E-state index contributed by atoms with van der Waals surface area (Å²) in [5, 5.41) is 3.45. The molecule has 1 aromatic heterocycles. The molecule has 2 nitrogen and oxygen atoms in total. The summed E-state index contributed by atoms with van der Waals surface area (Å²) in [5.41, 5.74) is 1.60. The van der Waals surface area contributed by atoms with Crippen molar-refractivity contribution in [1.82, 2.24) is 10.3 Å². The molecule has 0 saturated carbocycles. The second kappa shape index (κ2) is 5.86. The summed E-state index contributed by atoms with van der Waals surface area (Å²) in [6, 6.07) is 6.07. The summed E-state index contributed by atoms with van der Waals surface area (Å²) in [6.07, 6.45) is 4.09. The van der Waals surface area contributed by atoms with Crippen LogP contribution in [0, 0.1) is 5.41 Å². The molecule has 84 valence electrons. The molecular weight excluding hydrogens is 184 g/mol. The predicted octanol–water partition coefficient (Wildman–Crippen LogP) is 2.65. The monoisotopic (exact) mass is 206 g/mol. The lowest BCUT2D eigenvalue weighted by atomic mass is 9.92. The van der Waals surface area contributed by atoms with E-state index in [0.717, 1.165) is 19.5 Å². The van der Waals surface area contributed by atoms with Crippen molar-refractivity contribution >= 4 is 0 Å². The van der Waals surface area contributed by atoms with E-state index >= 15 is 0 Å². The molecule has 0 atom stereocenters. The van der Waals surface area contributed by atoms with E-state index in [9.17, 15) is 0 Å². The number of aromatic nitrogens is 1. The van der Waals surface area contributed by atoms with Crippen molar-refractivity contribution in [2.75, 3.05) is 13.1 Å². The Morgan fingerprint density at radius 1 is 1.20 bits per heavy atom. The Balaban J connectivity index is 2.08. The second-order valence-corrected chi connectivity index (χ2v) is 5.13. The number of pyridine rings is 1. The van der Waals surface area contributed by atoms with Crippen LogP contribution in [0.2, 0.25) is 0 Å².